The van der Waals surface area contributed by atoms with Crippen molar-refractivity contribution in [3.63, 3.8) is 0 Å². The van der Waals surface area contributed by atoms with Crippen LogP contribution >= 0.6 is 23.4 Å². The maximum Gasteiger partial charge on any atom is 0.261 e. The Kier molecular flexibility index (Phi) is 22.4. The average molecular weight is 1180 g/mol. The number of amides is 3. The molecule has 8 N–H and O–H groups in total. The molecular formula is C54H48ClN10O6SW-. The predicted molar refractivity (Wildman–Crippen MR) is 290 cm³/mol. The first-order valence-corrected chi connectivity index (χ1v) is 24.3. The van der Waals surface area contributed by atoms with Crippen LogP contribution in [0.1, 0.15) is 10.4 Å². The Labute approximate surface area is 442 Å². The van der Waals surface area contributed by atoms with Gasteiger partial charge >= 0.3 is 221 Å². The number of nitrogens with two attached hydrogens (primary N) is 1. The molecule has 7 aromatic rings. The number of ether oxygens (including phenoxy) is 2. The Morgan fingerprint density at radius 1 is 0.685 bits per heavy atom. The molecule has 1 heterocycles. The summed E-state index contributed by atoms with van der Waals surface area (Å²) >= 11 is 7.09. The standard InChI is InChI=1S/C27H24N5O3.C24H21N5O2S.C3H3ClO.W/c1-3-26(33)31-24-13-7-11-22(15-24)29-18-20(27(34)32-21-9-5-4-6-10-21)17-28-19-30-23-12-8-14-25(16-23)35-2;1-31-19-11-6-12-20(14-19)32-24-26-15-21(23(30)28-17-8-3-2-4-9-17)22(29-24)27-18-10-5-7-16(25)13-18;1-2-3(4)5;/h3-17,29H,1H2,2H3,(H,28,30)(H,31,33)(H,32,34);2-15H,25H2,1H3,(H,28,30)(H,26,27,29);2H,1H2;/q-1;;;. The summed E-state index contributed by atoms with van der Waals surface area (Å²) in [6.45, 7) is 6.54. The summed E-state index contributed by atoms with van der Waals surface area (Å²) < 4.78 is 11.1. The van der Waals surface area contributed by atoms with Crippen molar-refractivity contribution >= 4 is 102 Å². The Morgan fingerprint density at radius 3 is 1.90 bits per heavy atom. The zero-order chi connectivity index (χ0) is 52.4. The molecule has 0 aliphatic heterocycles. The number of hydrogen-bond donors (Lipinski definition) is 7. The molecule has 0 atom stereocenters. The van der Waals surface area contributed by atoms with E-state index < -0.39 is 5.24 Å². The minimum absolute atomic E-state index is 0.310. The van der Waals surface area contributed by atoms with E-state index in [9.17, 15) is 19.2 Å². The van der Waals surface area contributed by atoms with Gasteiger partial charge in [0.1, 0.15) is 17.1 Å². The number of aromatic nitrogens is 2. The zero-order valence-corrected chi connectivity index (χ0v) is 43.8. The number of nitrogens with one attached hydrogen (secondary N) is 6. The monoisotopic (exact) mass is 1180 g/mol. The number of anilines is 8. The van der Waals surface area contributed by atoms with E-state index in [1.165, 1.54) is 30.2 Å². The quantitative estimate of drug-likeness (QED) is 0.00586. The van der Waals surface area contributed by atoms with E-state index in [0.717, 1.165) is 47.4 Å². The number of halogens is 1. The van der Waals surface area contributed by atoms with Crippen molar-refractivity contribution in [1.82, 2.24) is 9.97 Å². The van der Waals surface area contributed by atoms with Gasteiger partial charge in [-0.1, -0.05) is 36.9 Å². The minimum atomic E-state index is -0.509. The molecule has 370 valence electrons. The van der Waals surface area contributed by atoms with Crippen molar-refractivity contribution in [2.75, 3.05) is 51.9 Å². The van der Waals surface area contributed by atoms with Crippen LogP contribution < -0.4 is 47.1 Å². The number of nitrogen functional groups attached to an aromatic ring is 1. The number of hydrogen-bond acceptors (Lipinski definition) is 13. The molecule has 0 spiro atoms. The second-order valence-electron chi connectivity index (χ2n) is 14.5. The van der Waals surface area contributed by atoms with Gasteiger partial charge in [0.15, 0.2) is 5.16 Å². The summed E-state index contributed by atoms with van der Waals surface area (Å²) in [5, 5.41) is 17.8. The molecule has 7 rings (SSSR count). The molecule has 73 heavy (non-hydrogen) atoms. The molecule has 0 aliphatic rings. The third-order valence-electron chi connectivity index (χ3n) is 9.23. The number of para-hydroxylation sites is 2. The van der Waals surface area contributed by atoms with E-state index in [0.29, 0.717) is 60.3 Å². The van der Waals surface area contributed by atoms with Crippen molar-refractivity contribution in [1.29, 1.82) is 0 Å². The smallest absolute Gasteiger partial charge is 0.261 e. The van der Waals surface area contributed by atoms with Gasteiger partial charge in [-0.25, -0.2) is 9.97 Å². The number of nitrogens with zero attached hydrogens (tertiary/aromatic N) is 3. The van der Waals surface area contributed by atoms with E-state index in [4.69, 9.17) is 26.8 Å². The van der Waals surface area contributed by atoms with Gasteiger partial charge in [0.25, 0.3) is 5.91 Å². The van der Waals surface area contributed by atoms with Gasteiger partial charge in [-0.3, -0.25) is 9.59 Å². The van der Waals surface area contributed by atoms with Crippen molar-refractivity contribution in [2.24, 2.45) is 4.99 Å². The predicted octanol–water partition coefficient (Wildman–Crippen LogP) is 10.6. The van der Waals surface area contributed by atoms with Gasteiger partial charge in [-0.15, -0.1) is 0 Å². The molecule has 0 radical (unpaired) electrons. The molecule has 3 amide bonds. The van der Waals surface area contributed by atoms with Crippen LogP contribution in [-0.4, -0.2) is 57.5 Å². The number of methoxy groups -OCH3 is 2. The number of carbonyl (C=O) groups excluding carboxylic acids is 4. The fourth-order valence-corrected chi connectivity index (χ4v) is 7.54. The van der Waals surface area contributed by atoms with E-state index in [-0.39, 0.29) is 17.7 Å². The fraction of sp³-hybridized carbons (Fsp3) is 0.0370. The normalized spacial score (nSPS) is 10.4. The summed E-state index contributed by atoms with van der Waals surface area (Å²) in [6, 6.07) is 47.7. The van der Waals surface area contributed by atoms with Crippen LogP contribution in [-0.2, 0) is 33.7 Å². The average Bonchev–Trinajstić information content (AvgIpc) is 3.39. The summed E-state index contributed by atoms with van der Waals surface area (Å²) in [7, 11) is 3.21. The second-order valence-corrected chi connectivity index (χ2v) is 17.3. The molecule has 0 fully saturated rings. The SMILES string of the molecule is C=CC(=O)Cl.C=CC(=O)Nc1cccc(N[C](=[W])C(=CN=[C-]Nc2cccc(OC)c2)C(=O)Nc2ccccc2)c1.COc1cccc(Sc2ncc(C(=O)Nc3ccccc3)c(Nc3cccc(N)c3)n2)c1. The van der Waals surface area contributed by atoms with Crippen LogP contribution in [0, 0.1) is 0 Å². The van der Waals surface area contributed by atoms with E-state index >= 15 is 0 Å². The summed E-state index contributed by atoms with van der Waals surface area (Å²) in [5.74, 6) is 0.858. The molecule has 6 aromatic carbocycles. The van der Waals surface area contributed by atoms with Gasteiger partial charge in [0.2, 0.25) is 5.24 Å². The summed E-state index contributed by atoms with van der Waals surface area (Å²) in [6.07, 6.45) is 7.93. The van der Waals surface area contributed by atoms with Gasteiger partial charge in [0.05, 0.1) is 7.11 Å². The molecule has 0 aliphatic carbocycles. The molecule has 0 bridgehead atoms. The Hall–Kier alpha value is -8.63. The Balaban J connectivity index is 0.000000249. The fourth-order valence-electron chi connectivity index (χ4n) is 5.82. The zero-order valence-electron chi connectivity index (χ0n) is 39.3. The molecule has 0 saturated carbocycles. The maximum absolute atomic E-state index is 13.1. The van der Waals surface area contributed by atoms with E-state index in [1.54, 1.807) is 62.8 Å². The van der Waals surface area contributed by atoms with Crippen LogP contribution in [0.15, 0.2) is 216 Å². The molecule has 0 saturated heterocycles. The van der Waals surface area contributed by atoms with Crippen LogP contribution in [0.4, 0.5) is 45.6 Å². The van der Waals surface area contributed by atoms with Crippen molar-refractivity contribution < 1.29 is 48.0 Å². The number of aliphatic imine (C=N–C) groups is 1. The van der Waals surface area contributed by atoms with Gasteiger partial charge in [-0.05, 0) is 78.0 Å². The topological polar surface area (TPSA) is 223 Å². The Bertz CT molecular complexity index is 3110. The summed E-state index contributed by atoms with van der Waals surface area (Å²) in [4.78, 5) is 61.3. The van der Waals surface area contributed by atoms with Crippen molar-refractivity contribution in [3.05, 3.63) is 207 Å². The number of rotatable bonds is 19. The molecular weight excluding hydrogens is 1140 g/mol. The van der Waals surface area contributed by atoms with Crippen LogP contribution in [0.3, 0.4) is 0 Å². The largest absolute Gasteiger partial charge is 0.497 e. The first-order chi connectivity index (χ1) is 35.3. The van der Waals surface area contributed by atoms with Crippen LogP contribution in [0.5, 0.6) is 11.5 Å². The molecule has 1 aromatic heterocycles. The number of carbonyl (C=O) groups is 4. The van der Waals surface area contributed by atoms with Gasteiger partial charge < -0.3 is 21.1 Å². The minimum Gasteiger partial charge on any atom is -0.497 e. The van der Waals surface area contributed by atoms with Crippen LogP contribution in [0.2, 0.25) is 0 Å². The number of allylic oxidation sites excluding steroid dienone is 1. The van der Waals surface area contributed by atoms with Crippen LogP contribution in [0.25, 0.3) is 0 Å². The maximum atomic E-state index is 13.1. The first-order valence-electron chi connectivity index (χ1n) is 21.6. The van der Waals surface area contributed by atoms with Crippen molar-refractivity contribution in [3.8, 4) is 11.5 Å². The first kappa shape index (κ1) is 55.3. The third-order valence-corrected chi connectivity index (χ3v) is 11.4. The van der Waals surface area contributed by atoms with E-state index in [2.05, 4.69) is 66.4 Å². The van der Waals surface area contributed by atoms with Crippen molar-refractivity contribution in [2.45, 2.75) is 10.1 Å². The Morgan fingerprint density at radius 2 is 1.26 bits per heavy atom. The number of benzene rings is 6. The third kappa shape index (κ3) is 19.2. The molecule has 0 unspecified atom stereocenters. The van der Waals surface area contributed by atoms with Gasteiger partial charge in [0, 0.05) is 28.2 Å². The van der Waals surface area contributed by atoms with Gasteiger partial charge in [-0.2, -0.15) is 0 Å². The van der Waals surface area contributed by atoms with E-state index in [1.807, 2.05) is 109 Å². The molecule has 16 nitrogen and oxygen atoms in total. The summed E-state index contributed by atoms with van der Waals surface area (Å²) in [5.41, 5.74) is 11.2. The molecule has 19 heteroatoms. The second kappa shape index (κ2) is 29.5.